The van der Waals surface area contributed by atoms with Crippen LogP contribution in [0.15, 0.2) is 57.5 Å². The molecule has 0 unspecified atom stereocenters. The van der Waals surface area contributed by atoms with E-state index in [9.17, 15) is 9.59 Å². The average Bonchev–Trinajstić information content (AvgIpc) is 2.65. The van der Waals surface area contributed by atoms with Gasteiger partial charge in [-0.3, -0.25) is 9.59 Å². The monoisotopic (exact) mass is 500 g/mol. The number of carbonyl (C=O) groups is 2. The Hall–Kier alpha value is -1.86. The molecule has 146 valence electrons. The first-order valence-corrected chi connectivity index (χ1v) is 9.99. The van der Waals surface area contributed by atoms with Crippen LogP contribution in [0, 0.1) is 0 Å². The molecule has 1 N–H and O–H groups in total. The van der Waals surface area contributed by atoms with Crippen LogP contribution in [-0.2, 0) is 9.59 Å². The maximum absolute atomic E-state index is 11.0. The molecule has 0 radical (unpaired) electrons. The second kappa shape index (κ2) is 13.3. The third-order valence-electron chi connectivity index (χ3n) is 3.26. The van der Waals surface area contributed by atoms with Gasteiger partial charge in [-0.15, -0.1) is 0 Å². The summed E-state index contributed by atoms with van der Waals surface area (Å²) in [6.07, 6.45) is 1.10. The molecular weight excluding hydrogens is 480 g/mol. The number of carbonyl (C=O) groups excluding carboxylic acids is 1. The first-order chi connectivity index (χ1) is 12.9. The van der Waals surface area contributed by atoms with E-state index in [0.29, 0.717) is 25.2 Å². The van der Waals surface area contributed by atoms with Crippen LogP contribution in [0.4, 0.5) is 0 Å². The lowest BCUT2D eigenvalue weighted by Crippen LogP contribution is -2.04. The third kappa shape index (κ3) is 11.5. The average molecular weight is 502 g/mol. The van der Waals surface area contributed by atoms with Crippen molar-refractivity contribution >= 4 is 43.6 Å². The Labute approximate surface area is 175 Å². The van der Waals surface area contributed by atoms with Crippen LogP contribution in [0.5, 0.6) is 11.5 Å². The fourth-order valence-electron chi connectivity index (χ4n) is 1.78. The molecule has 0 aliphatic rings. The summed E-state index contributed by atoms with van der Waals surface area (Å²) in [5, 5.41) is 8.35. The van der Waals surface area contributed by atoms with Gasteiger partial charge >= 0.3 is 5.97 Å². The maximum Gasteiger partial charge on any atom is 0.306 e. The van der Waals surface area contributed by atoms with Gasteiger partial charge in [0.25, 0.3) is 0 Å². The summed E-state index contributed by atoms with van der Waals surface area (Å²) in [6, 6.07) is 14.8. The van der Waals surface area contributed by atoms with E-state index in [1.54, 1.807) is 12.1 Å². The number of carboxylic acids is 1. The van der Waals surface area contributed by atoms with Gasteiger partial charge in [-0.2, -0.15) is 0 Å². The van der Waals surface area contributed by atoms with Gasteiger partial charge in [0.05, 0.1) is 19.6 Å². The first kappa shape index (κ1) is 23.2. The number of benzene rings is 2. The van der Waals surface area contributed by atoms with E-state index in [1.165, 1.54) is 0 Å². The lowest BCUT2D eigenvalue weighted by molar-refractivity contribution is -0.137. The second-order valence-electron chi connectivity index (χ2n) is 5.39. The van der Waals surface area contributed by atoms with Crippen molar-refractivity contribution in [2.75, 3.05) is 13.2 Å². The smallest absolute Gasteiger partial charge is 0.306 e. The van der Waals surface area contributed by atoms with Gasteiger partial charge in [-0.25, -0.2) is 0 Å². The summed E-state index contributed by atoms with van der Waals surface area (Å²) in [5.41, 5.74) is 0. The van der Waals surface area contributed by atoms with Gasteiger partial charge in [0.1, 0.15) is 17.3 Å². The molecule has 0 amide bonds. The predicted molar refractivity (Wildman–Crippen MR) is 111 cm³/mol. The molecule has 2 aromatic carbocycles. The highest BCUT2D eigenvalue weighted by Crippen LogP contribution is 2.17. The van der Waals surface area contributed by atoms with Crippen molar-refractivity contribution in [1.29, 1.82) is 0 Å². The van der Waals surface area contributed by atoms with E-state index in [1.807, 2.05) is 43.3 Å². The Balaban J connectivity index is 0.000000271. The molecule has 27 heavy (non-hydrogen) atoms. The number of aliphatic carboxylic acids is 1. The minimum Gasteiger partial charge on any atom is -0.493 e. The van der Waals surface area contributed by atoms with Crippen molar-refractivity contribution in [3.05, 3.63) is 57.5 Å². The summed E-state index contributed by atoms with van der Waals surface area (Å²) in [6.45, 7) is 2.53. The third-order valence-corrected chi connectivity index (χ3v) is 4.31. The zero-order chi connectivity index (χ0) is 20.1. The zero-order valence-electron chi connectivity index (χ0n) is 15.0. The summed E-state index contributed by atoms with van der Waals surface area (Å²) in [7, 11) is 0. The van der Waals surface area contributed by atoms with Crippen molar-refractivity contribution in [1.82, 2.24) is 0 Å². The number of hydrogen-bond donors (Lipinski definition) is 1. The number of hydrogen-bond acceptors (Lipinski definition) is 4. The number of halogens is 2. The molecule has 5 nitrogen and oxygen atoms in total. The van der Waals surface area contributed by atoms with E-state index >= 15 is 0 Å². The summed E-state index contributed by atoms with van der Waals surface area (Å²) in [4.78, 5) is 21.1. The minimum absolute atomic E-state index is 0.0239. The van der Waals surface area contributed by atoms with Gasteiger partial charge in [-0.05, 0) is 48.5 Å². The second-order valence-corrected chi connectivity index (χ2v) is 7.22. The Morgan fingerprint density at radius 3 is 1.59 bits per heavy atom. The number of ether oxygens (including phenoxy) is 2. The first-order valence-electron chi connectivity index (χ1n) is 8.41. The Bertz CT molecular complexity index is 699. The Morgan fingerprint density at radius 2 is 1.22 bits per heavy atom. The highest BCUT2D eigenvalue weighted by atomic mass is 79.9. The number of ketones is 1. The minimum atomic E-state index is -0.850. The molecule has 0 atom stereocenters. The normalized spacial score (nSPS) is 9.74. The molecular formula is C20H22Br2O5. The highest BCUT2D eigenvalue weighted by Gasteiger charge is 1.99. The van der Waals surface area contributed by atoms with Gasteiger partial charge < -0.3 is 14.6 Å². The van der Waals surface area contributed by atoms with Gasteiger partial charge in [0, 0.05) is 21.8 Å². The molecule has 0 heterocycles. The number of rotatable bonds is 9. The maximum atomic E-state index is 11.0. The summed E-state index contributed by atoms with van der Waals surface area (Å²) >= 11 is 6.63. The van der Waals surface area contributed by atoms with Crippen molar-refractivity contribution in [3.63, 3.8) is 0 Å². The topological polar surface area (TPSA) is 72.8 Å². The number of carboxylic acid groups (broad SMARTS) is 1. The van der Waals surface area contributed by atoms with Gasteiger partial charge in [0.15, 0.2) is 0 Å². The van der Waals surface area contributed by atoms with E-state index in [-0.39, 0.29) is 18.8 Å². The zero-order valence-corrected chi connectivity index (χ0v) is 18.2. The lowest BCUT2D eigenvalue weighted by Gasteiger charge is -2.04. The van der Waals surface area contributed by atoms with Crippen LogP contribution in [0.1, 0.15) is 26.2 Å². The summed E-state index contributed by atoms with van der Waals surface area (Å²) < 4.78 is 12.6. The van der Waals surface area contributed by atoms with Crippen LogP contribution in [-0.4, -0.2) is 30.1 Å². The molecule has 7 heteroatoms. The lowest BCUT2D eigenvalue weighted by atomic mass is 10.2. The molecule has 0 spiro atoms. The molecule has 2 rings (SSSR count). The van der Waals surface area contributed by atoms with Crippen LogP contribution < -0.4 is 9.47 Å². The molecule has 0 aliphatic heterocycles. The number of Topliss-reactive ketones (excluding diaryl/α,β-unsaturated/α-hetero) is 1. The molecule has 0 bridgehead atoms. The van der Waals surface area contributed by atoms with E-state index < -0.39 is 5.97 Å². The van der Waals surface area contributed by atoms with Gasteiger partial charge in [-0.1, -0.05) is 38.8 Å². The largest absolute Gasteiger partial charge is 0.493 e. The van der Waals surface area contributed by atoms with E-state index in [2.05, 4.69) is 31.9 Å². The van der Waals surface area contributed by atoms with Crippen LogP contribution in [0.25, 0.3) is 0 Å². The van der Waals surface area contributed by atoms with E-state index in [0.717, 1.165) is 14.7 Å². The summed E-state index contributed by atoms with van der Waals surface area (Å²) in [5.74, 6) is 0.876. The molecule has 0 aromatic heterocycles. The molecule has 0 saturated heterocycles. The molecule has 2 aromatic rings. The van der Waals surface area contributed by atoms with Crippen LogP contribution in [0.3, 0.4) is 0 Å². The Morgan fingerprint density at radius 1 is 0.815 bits per heavy atom. The van der Waals surface area contributed by atoms with Crippen LogP contribution >= 0.6 is 31.9 Å². The van der Waals surface area contributed by atoms with Gasteiger partial charge in [0.2, 0.25) is 0 Å². The van der Waals surface area contributed by atoms with Crippen LogP contribution in [0.2, 0.25) is 0 Å². The predicted octanol–water partition coefficient (Wildman–Crippen LogP) is 5.50. The van der Waals surface area contributed by atoms with Crippen molar-refractivity contribution < 1.29 is 24.2 Å². The fourth-order valence-corrected chi connectivity index (χ4v) is 2.31. The molecule has 0 fully saturated rings. The quantitative estimate of drug-likeness (QED) is 0.491. The van der Waals surface area contributed by atoms with Crippen molar-refractivity contribution in [2.24, 2.45) is 0 Å². The van der Waals surface area contributed by atoms with Crippen molar-refractivity contribution in [2.45, 2.75) is 26.2 Å². The SMILES string of the molecule is CCC(=O)CCOc1ccc(Br)cc1.O=C(O)CCOc1ccc(Br)cc1. The molecule has 0 aliphatic carbocycles. The van der Waals surface area contributed by atoms with Crippen molar-refractivity contribution in [3.8, 4) is 11.5 Å². The Kier molecular flexibility index (Phi) is 11.4. The standard InChI is InChI=1S/C11H13BrO2.C9H9BrO3/c1-2-10(13)7-8-14-11-5-3-9(12)4-6-11;10-7-1-3-8(4-2-7)13-6-5-9(11)12/h3-6H,2,7-8H2,1H3;1-4H,5-6H2,(H,11,12). The van der Waals surface area contributed by atoms with E-state index in [4.69, 9.17) is 14.6 Å². The highest BCUT2D eigenvalue weighted by molar-refractivity contribution is 9.10. The molecule has 0 saturated carbocycles. The fraction of sp³-hybridized carbons (Fsp3) is 0.300.